The molecule has 1 amide bonds. The van der Waals surface area contributed by atoms with Crippen LogP contribution in [0.5, 0.6) is 11.8 Å². The van der Waals surface area contributed by atoms with Crippen LogP contribution in [0.3, 0.4) is 0 Å². The maximum atomic E-state index is 12.7. The van der Waals surface area contributed by atoms with Crippen LogP contribution in [-0.2, 0) is 24.3 Å². The maximum absolute atomic E-state index is 12.7. The molecular weight excluding hydrogens is 346 g/mol. The van der Waals surface area contributed by atoms with Crippen LogP contribution in [0.15, 0.2) is 36.7 Å². The molecule has 1 aromatic carbocycles. The molecule has 3 heterocycles. The number of nitrogens with one attached hydrogen (secondary N) is 1. The van der Waals surface area contributed by atoms with E-state index >= 15 is 0 Å². The lowest BCUT2D eigenvalue weighted by Gasteiger charge is -2.27. The highest BCUT2D eigenvalue weighted by Crippen LogP contribution is 2.29. The fourth-order valence-electron chi connectivity index (χ4n) is 3.14. The molecule has 0 unspecified atom stereocenters. The summed E-state index contributed by atoms with van der Waals surface area (Å²) < 4.78 is 10.2. The van der Waals surface area contributed by atoms with E-state index in [9.17, 15) is 4.79 Å². The van der Waals surface area contributed by atoms with E-state index in [1.807, 2.05) is 29.2 Å². The van der Waals surface area contributed by atoms with Gasteiger partial charge in [-0.25, -0.2) is 9.97 Å². The van der Waals surface area contributed by atoms with Gasteiger partial charge in [-0.15, -0.1) is 0 Å². The normalized spacial score (nSPS) is 13.4. The van der Waals surface area contributed by atoms with E-state index in [0.717, 1.165) is 28.1 Å². The number of ether oxygens (including phenoxy) is 2. The Labute approximate surface area is 156 Å². The minimum absolute atomic E-state index is 0.0652. The molecule has 0 spiro atoms. The molecule has 27 heavy (non-hydrogen) atoms. The Bertz CT molecular complexity index is 950. The topological polar surface area (TPSA) is 93.2 Å². The second-order valence-corrected chi connectivity index (χ2v) is 6.26. The van der Waals surface area contributed by atoms with Crippen molar-refractivity contribution in [3.63, 3.8) is 0 Å². The average molecular weight is 365 g/mol. The molecule has 1 N–H and O–H groups in total. The second-order valence-electron chi connectivity index (χ2n) is 6.26. The first-order chi connectivity index (χ1) is 13.2. The Kier molecular flexibility index (Phi) is 4.45. The van der Waals surface area contributed by atoms with E-state index in [1.54, 1.807) is 19.5 Å². The number of carbonyl (C=O) groups excluding carboxylic acids is 1. The molecule has 0 saturated heterocycles. The number of hydrogen-bond acceptors (Lipinski definition) is 6. The Hall–Kier alpha value is -3.42. The largest absolute Gasteiger partial charge is 0.497 e. The molecule has 1 aliphatic heterocycles. The summed E-state index contributed by atoms with van der Waals surface area (Å²) in [5, 5.41) is 7.44. The molecule has 0 aliphatic carbocycles. The zero-order valence-electron chi connectivity index (χ0n) is 15.1. The van der Waals surface area contributed by atoms with Gasteiger partial charge in [0, 0.05) is 30.1 Å². The van der Waals surface area contributed by atoms with Gasteiger partial charge in [-0.3, -0.25) is 9.89 Å². The van der Waals surface area contributed by atoms with Gasteiger partial charge in [-0.05, 0) is 17.7 Å². The summed E-state index contributed by atoms with van der Waals surface area (Å²) in [6.07, 6.45) is 3.59. The number of benzene rings is 1. The van der Waals surface area contributed by atoms with E-state index in [0.29, 0.717) is 31.2 Å². The molecule has 8 heteroatoms. The third-order valence-electron chi connectivity index (χ3n) is 4.60. The summed E-state index contributed by atoms with van der Waals surface area (Å²) in [5.41, 5.74) is 4.36. The lowest BCUT2D eigenvalue weighted by molar-refractivity contribution is -0.132. The van der Waals surface area contributed by atoms with Crippen molar-refractivity contribution in [1.82, 2.24) is 25.1 Å². The van der Waals surface area contributed by atoms with Gasteiger partial charge >= 0.3 is 6.01 Å². The van der Waals surface area contributed by atoms with Crippen molar-refractivity contribution in [3.05, 3.63) is 53.5 Å². The number of aromatic amines is 1. The van der Waals surface area contributed by atoms with Gasteiger partial charge in [0.05, 0.1) is 38.6 Å². The summed E-state index contributed by atoms with van der Waals surface area (Å²) in [4.78, 5) is 22.7. The van der Waals surface area contributed by atoms with Gasteiger partial charge in [0.1, 0.15) is 5.75 Å². The Balaban J connectivity index is 1.54. The fourth-order valence-corrected chi connectivity index (χ4v) is 3.14. The maximum Gasteiger partial charge on any atom is 0.316 e. The molecule has 2 aromatic heterocycles. The van der Waals surface area contributed by atoms with Crippen molar-refractivity contribution in [2.45, 2.75) is 19.5 Å². The highest BCUT2D eigenvalue weighted by molar-refractivity contribution is 5.83. The van der Waals surface area contributed by atoms with Crippen molar-refractivity contribution < 1.29 is 14.3 Å². The second kappa shape index (κ2) is 7.06. The minimum atomic E-state index is 0.0652. The molecule has 0 fully saturated rings. The summed E-state index contributed by atoms with van der Waals surface area (Å²) in [7, 11) is 3.15. The van der Waals surface area contributed by atoms with Crippen LogP contribution < -0.4 is 9.47 Å². The standard InChI is InChI=1S/C19H19N5O3/c1-26-14-5-3-12(4-6-14)10-24-11-16-15(7-17(24)25)18(23-22-16)13-8-20-19(27-2)21-9-13/h3-6,8-9H,7,10-11H2,1-2H3,(H,22,23). The van der Waals surface area contributed by atoms with Crippen molar-refractivity contribution in [1.29, 1.82) is 0 Å². The van der Waals surface area contributed by atoms with Gasteiger partial charge in [-0.1, -0.05) is 12.1 Å². The smallest absolute Gasteiger partial charge is 0.316 e. The molecule has 4 rings (SSSR count). The molecular formula is C19H19N5O3. The monoisotopic (exact) mass is 365 g/mol. The lowest BCUT2D eigenvalue weighted by atomic mass is 10.0. The van der Waals surface area contributed by atoms with Gasteiger partial charge in [0.15, 0.2) is 0 Å². The number of aromatic nitrogens is 4. The summed E-state index contributed by atoms with van der Waals surface area (Å²) in [6.45, 7) is 1.03. The molecule has 1 aliphatic rings. The molecule has 0 radical (unpaired) electrons. The van der Waals surface area contributed by atoms with Gasteiger partial charge in [0.2, 0.25) is 5.91 Å². The molecule has 138 valence electrons. The zero-order valence-corrected chi connectivity index (χ0v) is 15.1. The summed E-state index contributed by atoms with van der Waals surface area (Å²) in [6, 6.07) is 8.02. The van der Waals surface area contributed by atoms with E-state index in [-0.39, 0.29) is 5.91 Å². The quantitative estimate of drug-likeness (QED) is 0.743. The van der Waals surface area contributed by atoms with E-state index in [1.165, 1.54) is 7.11 Å². The summed E-state index contributed by atoms with van der Waals surface area (Å²) >= 11 is 0. The third-order valence-corrected chi connectivity index (χ3v) is 4.60. The average Bonchev–Trinajstić information content (AvgIpc) is 3.11. The van der Waals surface area contributed by atoms with Gasteiger partial charge in [-0.2, -0.15) is 5.10 Å². The predicted molar refractivity (Wildman–Crippen MR) is 97.1 cm³/mol. The number of H-pyrrole nitrogens is 1. The van der Waals surface area contributed by atoms with Crippen LogP contribution in [0.4, 0.5) is 0 Å². The molecule has 0 bridgehead atoms. The van der Waals surface area contributed by atoms with E-state index < -0.39 is 0 Å². The Morgan fingerprint density at radius 2 is 1.85 bits per heavy atom. The third kappa shape index (κ3) is 3.33. The lowest BCUT2D eigenvalue weighted by Crippen LogP contribution is -2.35. The SMILES string of the molecule is COc1ccc(CN2Cc3[nH]nc(-c4cnc(OC)nc4)c3CC2=O)cc1. The Morgan fingerprint density at radius 3 is 2.52 bits per heavy atom. The van der Waals surface area contributed by atoms with Gasteiger partial charge < -0.3 is 14.4 Å². The van der Waals surface area contributed by atoms with Gasteiger partial charge in [0.25, 0.3) is 0 Å². The first kappa shape index (κ1) is 17.0. The van der Waals surface area contributed by atoms with Crippen LogP contribution in [-0.4, -0.2) is 45.2 Å². The van der Waals surface area contributed by atoms with E-state index in [4.69, 9.17) is 9.47 Å². The van der Waals surface area contributed by atoms with Crippen LogP contribution in [0, 0.1) is 0 Å². The number of hydrogen-bond donors (Lipinski definition) is 1. The number of amides is 1. The number of nitrogens with zero attached hydrogens (tertiary/aromatic N) is 4. The van der Waals surface area contributed by atoms with Crippen molar-refractivity contribution in [2.24, 2.45) is 0 Å². The molecule has 3 aromatic rings. The minimum Gasteiger partial charge on any atom is -0.497 e. The molecule has 8 nitrogen and oxygen atoms in total. The highest BCUT2D eigenvalue weighted by atomic mass is 16.5. The number of fused-ring (bicyclic) bond motifs is 1. The van der Waals surface area contributed by atoms with E-state index in [2.05, 4.69) is 20.2 Å². The molecule has 0 atom stereocenters. The Morgan fingerprint density at radius 1 is 1.11 bits per heavy atom. The van der Waals surface area contributed by atoms with Crippen molar-refractivity contribution in [2.75, 3.05) is 14.2 Å². The first-order valence-corrected chi connectivity index (χ1v) is 8.51. The predicted octanol–water partition coefficient (Wildman–Crippen LogP) is 1.97. The van der Waals surface area contributed by atoms with Crippen LogP contribution >= 0.6 is 0 Å². The fraction of sp³-hybridized carbons (Fsp3) is 0.263. The zero-order chi connectivity index (χ0) is 18.8. The molecule has 0 saturated carbocycles. The first-order valence-electron chi connectivity index (χ1n) is 8.51. The van der Waals surface area contributed by atoms with Crippen LogP contribution in [0.1, 0.15) is 16.8 Å². The number of carbonyl (C=O) groups is 1. The summed E-state index contributed by atoms with van der Waals surface area (Å²) in [5.74, 6) is 0.862. The van der Waals surface area contributed by atoms with Crippen LogP contribution in [0.2, 0.25) is 0 Å². The van der Waals surface area contributed by atoms with Crippen LogP contribution in [0.25, 0.3) is 11.3 Å². The highest BCUT2D eigenvalue weighted by Gasteiger charge is 2.28. The van der Waals surface area contributed by atoms with Crippen molar-refractivity contribution >= 4 is 5.91 Å². The number of methoxy groups -OCH3 is 2. The number of rotatable bonds is 5. The van der Waals surface area contributed by atoms with Crippen molar-refractivity contribution in [3.8, 4) is 23.0 Å².